The van der Waals surface area contributed by atoms with Gasteiger partial charge in [0.25, 0.3) is 0 Å². The average Bonchev–Trinajstić information content (AvgIpc) is 2.38. The molecule has 0 N–H and O–H groups in total. The highest BCUT2D eigenvalue weighted by Crippen LogP contribution is 2.27. The van der Waals surface area contributed by atoms with E-state index in [-0.39, 0.29) is 0 Å². The van der Waals surface area contributed by atoms with Gasteiger partial charge >= 0.3 is 0 Å². The Labute approximate surface area is 130 Å². The fourth-order valence-corrected chi connectivity index (χ4v) is 3.10. The van der Waals surface area contributed by atoms with E-state index in [1.165, 1.54) is 11.1 Å². The standard InChI is InChI=1S/C15H13Br2Cl/c16-14-6-3-5-11(9-14)13(10-18)8-12-4-1-2-7-15(12)17/h1-7,9,13H,8,10H2. The molecule has 1 atom stereocenters. The third kappa shape index (κ3) is 3.59. The molecule has 3 heteroatoms. The van der Waals surface area contributed by atoms with Gasteiger partial charge < -0.3 is 0 Å². The van der Waals surface area contributed by atoms with Crippen LogP contribution in [0.5, 0.6) is 0 Å². The molecule has 0 saturated heterocycles. The zero-order valence-corrected chi connectivity index (χ0v) is 13.7. The maximum Gasteiger partial charge on any atom is 0.0295 e. The summed E-state index contributed by atoms with van der Waals surface area (Å²) in [5, 5.41) is 0. The van der Waals surface area contributed by atoms with Crippen LogP contribution in [0.15, 0.2) is 57.5 Å². The van der Waals surface area contributed by atoms with Gasteiger partial charge in [0.05, 0.1) is 0 Å². The molecule has 0 amide bonds. The summed E-state index contributed by atoms with van der Waals surface area (Å²) in [6.07, 6.45) is 0.946. The number of rotatable bonds is 4. The van der Waals surface area contributed by atoms with Crippen LogP contribution in [0.1, 0.15) is 17.0 Å². The van der Waals surface area contributed by atoms with Crippen LogP contribution in [-0.2, 0) is 6.42 Å². The molecule has 0 spiro atoms. The Kier molecular flexibility index (Phi) is 5.28. The van der Waals surface area contributed by atoms with Crippen LogP contribution in [0.2, 0.25) is 0 Å². The van der Waals surface area contributed by atoms with Gasteiger partial charge in [0.1, 0.15) is 0 Å². The van der Waals surface area contributed by atoms with Crippen LogP contribution in [0, 0.1) is 0 Å². The number of halogens is 3. The highest BCUT2D eigenvalue weighted by Gasteiger charge is 2.13. The SMILES string of the molecule is ClCC(Cc1ccccc1Br)c1cccc(Br)c1. The van der Waals surface area contributed by atoms with E-state index in [1.54, 1.807) is 0 Å². The summed E-state index contributed by atoms with van der Waals surface area (Å²) in [7, 11) is 0. The van der Waals surface area contributed by atoms with Crippen molar-refractivity contribution >= 4 is 43.5 Å². The smallest absolute Gasteiger partial charge is 0.0295 e. The quantitative estimate of drug-likeness (QED) is 0.583. The zero-order chi connectivity index (χ0) is 13.0. The van der Waals surface area contributed by atoms with Crippen molar-refractivity contribution in [1.82, 2.24) is 0 Å². The molecular formula is C15H13Br2Cl. The summed E-state index contributed by atoms with van der Waals surface area (Å²) in [6.45, 7) is 0. The first-order valence-corrected chi connectivity index (χ1v) is 7.87. The van der Waals surface area contributed by atoms with E-state index in [9.17, 15) is 0 Å². The van der Waals surface area contributed by atoms with Crippen molar-refractivity contribution in [1.29, 1.82) is 0 Å². The van der Waals surface area contributed by atoms with E-state index in [4.69, 9.17) is 11.6 Å². The molecule has 0 heterocycles. The van der Waals surface area contributed by atoms with Crippen molar-refractivity contribution in [3.8, 4) is 0 Å². The number of benzene rings is 2. The summed E-state index contributed by atoms with van der Waals surface area (Å²) in [5.41, 5.74) is 2.57. The first-order chi connectivity index (χ1) is 8.70. The second-order valence-corrected chi connectivity index (χ2v) is 6.28. The molecule has 2 aromatic rings. The largest absolute Gasteiger partial charge is 0.126 e. The van der Waals surface area contributed by atoms with Gasteiger partial charge in [0, 0.05) is 20.7 Å². The third-order valence-corrected chi connectivity index (χ3v) is 4.57. The number of hydrogen-bond acceptors (Lipinski definition) is 0. The van der Waals surface area contributed by atoms with E-state index in [1.807, 2.05) is 12.1 Å². The molecule has 2 aromatic carbocycles. The molecule has 0 fully saturated rings. The molecule has 0 aromatic heterocycles. The first-order valence-electron chi connectivity index (χ1n) is 5.75. The molecule has 0 radical (unpaired) electrons. The van der Waals surface area contributed by atoms with Crippen molar-refractivity contribution in [3.05, 3.63) is 68.6 Å². The summed E-state index contributed by atoms with van der Waals surface area (Å²) < 4.78 is 2.25. The molecule has 2 rings (SSSR count). The summed E-state index contributed by atoms with van der Waals surface area (Å²) >= 11 is 13.2. The second-order valence-electron chi connectivity index (χ2n) is 4.20. The average molecular weight is 389 g/mol. The van der Waals surface area contributed by atoms with Gasteiger partial charge in [0.2, 0.25) is 0 Å². The van der Waals surface area contributed by atoms with Gasteiger partial charge in [-0.15, -0.1) is 11.6 Å². The molecular weight excluding hydrogens is 375 g/mol. The Morgan fingerprint density at radius 1 is 1.00 bits per heavy atom. The highest BCUT2D eigenvalue weighted by molar-refractivity contribution is 9.10. The second kappa shape index (κ2) is 6.74. The van der Waals surface area contributed by atoms with Crippen LogP contribution in [0.25, 0.3) is 0 Å². The maximum atomic E-state index is 6.13. The first kappa shape index (κ1) is 14.1. The molecule has 0 aliphatic carbocycles. The van der Waals surface area contributed by atoms with Crippen LogP contribution in [0.3, 0.4) is 0 Å². The van der Waals surface area contributed by atoms with Crippen molar-refractivity contribution in [2.45, 2.75) is 12.3 Å². The minimum Gasteiger partial charge on any atom is -0.126 e. The Morgan fingerprint density at radius 2 is 1.78 bits per heavy atom. The Balaban J connectivity index is 2.23. The third-order valence-electron chi connectivity index (χ3n) is 2.93. The lowest BCUT2D eigenvalue weighted by atomic mass is 9.94. The van der Waals surface area contributed by atoms with Crippen molar-refractivity contribution in [3.63, 3.8) is 0 Å². The van der Waals surface area contributed by atoms with Gasteiger partial charge in [0.15, 0.2) is 0 Å². The van der Waals surface area contributed by atoms with Crippen LogP contribution in [-0.4, -0.2) is 5.88 Å². The topological polar surface area (TPSA) is 0 Å². The lowest BCUT2D eigenvalue weighted by Gasteiger charge is -2.15. The molecule has 1 unspecified atom stereocenters. The van der Waals surface area contributed by atoms with E-state index < -0.39 is 0 Å². The fourth-order valence-electron chi connectivity index (χ4n) is 1.95. The van der Waals surface area contributed by atoms with E-state index in [0.29, 0.717) is 11.8 Å². The lowest BCUT2D eigenvalue weighted by molar-refractivity contribution is 0.763. The Morgan fingerprint density at radius 3 is 2.44 bits per heavy atom. The summed E-state index contributed by atoms with van der Waals surface area (Å²) in [5.74, 6) is 0.959. The molecule has 0 bridgehead atoms. The van der Waals surface area contributed by atoms with Gasteiger partial charge in [-0.05, 0) is 35.7 Å². The molecule has 0 saturated carbocycles. The molecule has 18 heavy (non-hydrogen) atoms. The minimum absolute atomic E-state index is 0.336. The van der Waals surface area contributed by atoms with Crippen LogP contribution in [0.4, 0.5) is 0 Å². The van der Waals surface area contributed by atoms with Gasteiger partial charge in [-0.1, -0.05) is 62.2 Å². The fraction of sp³-hybridized carbons (Fsp3) is 0.200. The van der Waals surface area contributed by atoms with Crippen LogP contribution < -0.4 is 0 Å². The molecule has 0 aliphatic heterocycles. The lowest BCUT2D eigenvalue weighted by Crippen LogP contribution is -2.05. The van der Waals surface area contributed by atoms with Crippen molar-refractivity contribution in [2.75, 3.05) is 5.88 Å². The van der Waals surface area contributed by atoms with Gasteiger partial charge in [-0.3, -0.25) is 0 Å². The molecule has 0 aliphatic rings. The monoisotopic (exact) mass is 386 g/mol. The van der Waals surface area contributed by atoms with Crippen molar-refractivity contribution in [2.24, 2.45) is 0 Å². The molecule has 0 nitrogen and oxygen atoms in total. The van der Waals surface area contributed by atoms with E-state index >= 15 is 0 Å². The number of hydrogen-bond donors (Lipinski definition) is 0. The predicted octanol–water partition coefficient (Wildman–Crippen LogP) is 5.78. The maximum absolute atomic E-state index is 6.13. The van der Waals surface area contributed by atoms with Crippen molar-refractivity contribution < 1.29 is 0 Å². The van der Waals surface area contributed by atoms with E-state index in [2.05, 4.69) is 68.3 Å². The molecule has 94 valence electrons. The highest BCUT2D eigenvalue weighted by atomic mass is 79.9. The van der Waals surface area contributed by atoms with Crippen LogP contribution >= 0.6 is 43.5 Å². The summed E-state index contributed by atoms with van der Waals surface area (Å²) in [6, 6.07) is 16.7. The van der Waals surface area contributed by atoms with Gasteiger partial charge in [-0.2, -0.15) is 0 Å². The normalized spacial score (nSPS) is 12.4. The minimum atomic E-state index is 0.336. The number of alkyl halides is 1. The Hall–Kier alpha value is -0.310. The zero-order valence-electron chi connectivity index (χ0n) is 9.74. The Bertz CT molecular complexity index is 525. The van der Waals surface area contributed by atoms with E-state index in [0.717, 1.165) is 15.4 Å². The summed E-state index contributed by atoms with van der Waals surface area (Å²) in [4.78, 5) is 0. The van der Waals surface area contributed by atoms with Gasteiger partial charge in [-0.25, -0.2) is 0 Å². The predicted molar refractivity (Wildman–Crippen MR) is 85.4 cm³/mol.